The molecule has 0 saturated heterocycles. The summed E-state index contributed by atoms with van der Waals surface area (Å²) in [5.41, 5.74) is -0.0575. The van der Waals surface area contributed by atoms with Crippen LogP contribution in [0.1, 0.15) is 17.3 Å². The van der Waals surface area contributed by atoms with Gasteiger partial charge in [-0.3, -0.25) is 0 Å². The number of halogens is 2. The highest BCUT2D eigenvalue weighted by Gasteiger charge is 2.17. The molecule has 1 aromatic carbocycles. The largest absolute Gasteiger partial charge is 0.507 e. The van der Waals surface area contributed by atoms with E-state index in [9.17, 15) is 9.90 Å². The molecule has 0 unspecified atom stereocenters. The van der Waals surface area contributed by atoms with Crippen LogP contribution in [-0.4, -0.2) is 17.7 Å². The Bertz CT molecular complexity index is 340. The third kappa shape index (κ3) is 2.30. The molecule has 0 spiro atoms. The molecule has 0 amide bonds. The highest BCUT2D eigenvalue weighted by molar-refractivity contribution is 6.37. The molecule has 1 rings (SSSR count). The summed E-state index contributed by atoms with van der Waals surface area (Å²) in [5.74, 6) is -0.937. The maximum absolute atomic E-state index is 11.3. The maximum atomic E-state index is 11.3. The summed E-state index contributed by atoms with van der Waals surface area (Å²) >= 11 is 11.3. The van der Waals surface area contributed by atoms with Crippen LogP contribution in [0.15, 0.2) is 12.1 Å². The van der Waals surface area contributed by atoms with Gasteiger partial charge in [-0.2, -0.15) is 0 Å². The Hall–Kier alpha value is -0.930. The van der Waals surface area contributed by atoms with Crippen molar-refractivity contribution in [1.82, 2.24) is 0 Å². The second kappa shape index (κ2) is 4.53. The third-order valence-electron chi connectivity index (χ3n) is 1.51. The van der Waals surface area contributed by atoms with Crippen LogP contribution in [0, 0.1) is 0 Å². The number of esters is 1. The van der Waals surface area contributed by atoms with Crippen LogP contribution in [0.2, 0.25) is 10.0 Å². The number of rotatable bonds is 2. The fraction of sp³-hybridized carbons (Fsp3) is 0.222. The van der Waals surface area contributed by atoms with Crippen molar-refractivity contribution in [2.75, 3.05) is 6.61 Å². The zero-order chi connectivity index (χ0) is 10.7. The number of carbonyl (C=O) groups excluding carboxylic acids is 1. The summed E-state index contributed by atoms with van der Waals surface area (Å²) in [7, 11) is 0. The molecule has 1 aromatic rings. The molecule has 0 aliphatic heterocycles. The second-order valence-corrected chi connectivity index (χ2v) is 3.35. The highest BCUT2D eigenvalue weighted by atomic mass is 35.5. The van der Waals surface area contributed by atoms with Gasteiger partial charge in [0.1, 0.15) is 11.3 Å². The minimum absolute atomic E-state index is 0.0575. The first-order valence-corrected chi connectivity index (χ1v) is 4.67. The fourth-order valence-corrected chi connectivity index (χ4v) is 1.53. The van der Waals surface area contributed by atoms with Crippen molar-refractivity contribution in [3.8, 4) is 5.75 Å². The molecule has 76 valence electrons. The molecule has 1 N–H and O–H groups in total. The Morgan fingerprint density at radius 1 is 1.50 bits per heavy atom. The van der Waals surface area contributed by atoms with E-state index < -0.39 is 5.97 Å². The minimum atomic E-state index is -0.660. The summed E-state index contributed by atoms with van der Waals surface area (Å²) in [6.07, 6.45) is 0. The van der Waals surface area contributed by atoms with Gasteiger partial charge >= 0.3 is 5.97 Å². The van der Waals surface area contributed by atoms with Gasteiger partial charge in [0, 0.05) is 5.02 Å². The zero-order valence-electron chi connectivity index (χ0n) is 7.38. The topological polar surface area (TPSA) is 46.5 Å². The molecule has 0 saturated carbocycles. The van der Waals surface area contributed by atoms with E-state index in [2.05, 4.69) is 0 Å². The predicted molar refractivity (Wildman–Crippen MR) is 54.1 cm³/mol. The lowest BCUT2D eigenvalue weighted by atomic mass is 10.2. The number of ether oxygens (including phenoxy) is 1. The number of hydrogen-bond acceptors (Lipinski definition) is 3. The van der Waals surface area contributed by atoms with Crippen molar-refractivity contribution in [2.24, 2.45) is 0 Å². The predicted octanol–water partition coefficient (Wildman–Crippen LogP) is 2.88. The number of carbonyl (C=O) groups is 1. The smallest absolute Gasteiger partial charge is 0.343 e. The van der Waals surface area contributed by atoms with Gasteiger partial charge in [0.15, 0.2) is 0 Å². The molecule has 0 aromatic heterocycles. The van der Waals surface area contributed by atoms with Crippen LogP contribution in [0.25, 0.3) is 0 Å². The van der Waals surface area contributed by atoms with E-state index in [4.69, 9.17) is 27.9 Å². The average molecular weight is 235 g/mol. The summed E-state index contributed by atoms with van der Waals surface area (Å²) in [4.78, 5) is 11.3. The SMILES string of the molecule is CCOC(=O)c1c(O)cc(Cl)cc1Cl. The van der Waals surface area contributed by atoms with Gasteiger partial charge in [0.2, 0.25) is 0 Å². The van der Waals surface area contributed by atoms with E-state index in [1.807, 2.05) is 0 Å². The number of aromatic hydroxyl groups is 1. The minimum Gasteiger partial charge on any atom is -0.507 e. The number of benzene rings is 1. The van der Waals surface area contributed by atoms with Crippen molar-refractivity contribution >= 4 is 29.2 Å². The highest BCUT2D eigenvalue weighted by Crippen LogP contribution is 2.30. The van der Waals surface area contributed by atoms with E-state index >= 15 is 0 Å². The third-order valence-corrected chi connectivity index (χ3v) is 2.03. The Morgan fingerprint density at radius 2 is 2.14 bits per heavy atom. The van der Waals surface area contributed by atoms with E-state index in [0.29, 0.717) is 0 Å². The number of phenolic OH excluding ortho intramolecular Hbond substituents is 1. The van der Waals surface area contributed by atoms with E-state index in [1.54, 1.807) is 6.92 Å². The maximum Gasteiger partial charge on any atom is 0.343 e. The standard InChI is InChI=1S/C9H8Cl2O3/c1-2-14-9(13)8-6(11)3-5(10)4-7(8)12/h3-4,12H,2H2,1H3. The fourth-order valence-electron chi connectivity index (χ4n) is 0.965. The Morgan fingerprint density at radius 3 is 2.64 bits per heavy atom. The Balaban J connectivity index is 3.14. The molecular weight excluding hydrogens is 227 g/mol. The van der Waals surface area contributed by atoms with Crippen LogP contribution in [0.3, 0.4) is 0 Å². The average Bonchev–Trinajstić information content (AvgIpc) is 2.01. The summed E-state index contributed by atoms with van der Waals surface area (Å²) in [5, 5.41) is 9.74. The van der Waals surface area contributed by atoms with Crippen molar-refractivity contribution in [1.29, 1.82) is 0 Å². The van der Waals surface area contributed by atoms with Crippen molar-refractivity contribution < 1.29 is 14.6 Å². The van der Waals surface area contributed by atoms with E-state index in [-0.39, 0.29) is 28.0 Å². The summed E-state index contributed by atoms with van der Waals surface area (Å²) in [6.45, 7) is 1.88. The van der Waals surface area contributed by atoms with E-state index in [1.165, 1.54) is 12.1 Å². The Labute approximate surface area is 91.2 Å². The molecule has 0 fully saturated rings. The van der Waals surface area contributed by atoms with Gasteiger partial charge in [0.25, 0.3) is 0 Å². The van der Waals surface area contributed by atoms with Crippen LogP contribution < -0.4 is 0 Å². The van der Waals surface area contributed by atoms with Gasteiger partial charge < -0.3 is 9.84 Å². The monoisotopic (exact) mass is 234 g/mol. The van der Waals surface area contributed by atoms with Crippen LogP contribution in [-0.2, 0) is 4.74 Å². The lowest BCUT2D eigenvalue weighted by molar-refractivity contribution is 0.0523. The van der Waals surface area contributed by atoms with Crippen LogP contribution in [0.4, 0.5) is 0 Å². The van der Waals surface area contributed by atoms with Crippen molar-refractivity contribution in [3.63, 3.8) is 0 Å². The second-order valence-electron chi connectivity index (χ2n) is 2.50. The number of phenols is 1. The first kappa shape index (κ1) is 11.1. The van der Waals surface area contributed by atoms with Crippen LogP contribution >= 0.6 is 23.2 Å². The quantitative estimate of drug-likeness (QED) is 0.801. The Kier molecular flexibility index (Phi) is 3.61. The zero-order valence-corrected chi connectivity index (χ0v) is 8.89. The lowest BCUT2D eigenvalue weighted by Crippen LogP contribution is -2.05. The molecular formula is C9H8Cl2O3. The molecule has 0 aliphatic carbocycles. The number of hydrogen-bond donors (Lipinski definition) is 1. The molecule has 3 nitrogen and oxygen atoms in total. The van der Waals surface area contributed by atoms with Gasteiger partial charge in [-0.25, -0.2) is 4.79 Å². The molecule has 0 radical (unpaired) electrons. The normalized spacial score (nSPS) is 9.93. The molecule has 5 heteroatoms. The van der Waals surface area contributed by atoms with Crippen LogP contribution in [0.5, 0.6) is 5.75 Å². The first-order valence-electron chi connectivity index (χ1n) is 3.91. The molecule has 14 heavy (non-hydrogen) atoms. The first-order chi connectivity index (χ1) is 6.56. The van der Waals surface area contributed by atoms with Gasteiger partial charge in [-0.15, -0.1) is 0 Å². The van der Waals surface area contributed by atoms with E-state index in [0.717, 1.165) is 0 Å². The van der Waals surface area contributed by atoms with Gasteiger partial charge in [-0.1, -0.05) is 23.2 Å². The summed E-state index contributed by atoms with van der Waals surface area (Å²) in [6, 6.07) is 2.61. The molecule has 0 aliphatic rings. The van der Waals surface area contributed by atoms with Gasteiger partial charge in [-0.05, 0) is 19.1 Å². The summed E-state index contributed by atoms with van der Waals surface area (Å²) < 4.78 is 4.70. The van der Waals surface area contributed by atoms with Crippen molar-refractivity contribution in [3.05, 3.63) is 27.7 Å². The lowest BCUT2D eigenvalue weighted by Gasteiger charge is -2.06. The molecule has 0 atom stereocenters. The van der Waals surface area contributed by atoms with Crippen molar-refractivity contribution in [2.45, 2.75) is 6.92 Å². The molecule has 0 heterocycles. The van der Waals surface area contributed by atoms with Gasteiger partial charge in [0.05, 0.1) is 11.6 Å². The molecule has 0 bridgehead atoms.